The summed E-state index contributed by atoms with van der Waals surface area (Å²) in [6, 6.07) is 0. The number of hydrogen-bond acceptors (Lipinski definition) is 2. The molecule has 0 aromatic rings. The Balaban J connectivity index is 2.01. The summed E-state index contributed by atoms with van der Waals surface area (Å²) in [5.41, 5.74) is 0. The van der Waals surface area contributed by atoms with Gasteiger partial charge in [0.15, 0.2) is 0 Å². The second kappa shape index (κ2) is 8.10. The Morgan fingerprint density at radius 2 is 2.00 bits per heavy atom. The van der Waals surface area contributed by atoms with Crippen molar-refractivity contribution in [1.82, 2.24) is 0 Å². The summed E-state index contributed by atoms with van der Waals surface area (Å²) < 4.78 is 2.30. The topological polar surface area (TPSA) is 0 Å². The van der Waals surface area contributed by atoms with Crippen LogP contribution in [0.2, 0.25) is 0 Å². The molecule has 1 rings (SSSR count). The lowest BCUT2D eigenvalue weighted by molar-refractivity contribution is 0.800. The first kappa shape index (κ1) is 13.0. The Hall–Kier alpha value is 1.90. The van der Waals surface area contributed by atoms with Crippen molar-refractivity contribution < 1.29 is 0 Å². The van der Waals surface area contributed by atoms with E-state index in [0.29, 0.717) is 0 Å². The molecule has 1 heterocycles. The van der Waals surface area contributed by atoms with Crippen molar-refractivity contribution >= 4 is 68.7 Å². The third-order valence-corrected chi connectivity index (χ3v) is 5.80. The van der Waals surface area contributed by atoms with Gasteiger partial charge in [-0.25, -0.2) is 0 Å². The van der Waals surface area contributed by atoms with Gasteiger partial charge in [-0.1, -0.05) is 6.08 Å². The molecule has 1 saturated heterocycles. The van der Waals surface area contributed by atoms with E-state index < -0.39 is 0 Å². The summed E-state index contributed by atoms with van der Waals surface area (Å²) >= 11 is 9.07. The molecule has 0 spiro atoms. The van der Waals surface area contributed by atoms with Crippen LogP contribution < -0.4 is 0 Å². The van der Waals surface area contributed by atoms with Crippen molar-refractivity contribution in [3.05, 3.63) is 7.66 Å². The minimum atomic E-state index is 0.897. The second-order valence-corrected chi connectivity index (χ2v) is 10.3. The van der Waals surface area contributed by atoms with Crippen LogP contribution in [-0.4, -0.2) is 16.1 Å². The Labute approximate surface area is 117 Å². The van der Waals surface area contributed by atoms with Crippen LogP contribution in [0.3, 0.4) is 0 Å². The highest BCUT2D eigenvalue weighted by Crippen LogP contribution is 2.34. The molecular weight excluding hydrogens is 426 g/mol. The lowest BCUT2D eigenvalue weighted by atomic mass is 10.2. The van der Waals surface area contributed by atoms with Crippen LogP contribution >= 0.6 is 68.7 Å². The molecule has 0 bridgehead atoms. The Morgan fingerprint density at radius 1 is 1.31 bits per heavy atom. The maximum atomic E-state index is 2.37. The van der Waals surface area contributed by atoms with Crippen molar-refractivity contribution in [3.63, 3.8) is 0 Å². The Bertz CT molecular complexity index is 161. The van der Waals surface area contributed by atoms with E-state index in [0.717, 1.165) is 4.58 Å². The first-order valence-corrected chi connectivity index (χ1v) is 8.79. The van der Waals surface area contributed by atoms with Crippen molar-refractivity contribution in [2.45, 2.75) is 30.3 Å². The fourth-order valence-corrected chi connectivity index (χ4v) is 4.78. The first-order valence-electron chi connectivity index (χ1n) is 4.53. The summed E-state index contributed by atoms with van der Waals surface area (Å²) in [6.45, 7) is 0. The molecule has 4 heteroatoms. The zero-order valence-electron chi connectivity index (χ0n) is 7.47. The Morgan fingerprint density at radius 3 is 2.62 bits per heavy atom. The van der Waals surface area contributed by atoms with Crippen LogP contribution in [0.15, 0.2) is 7.66 Å². The second-order valence-electron chi connectivity index (χ2n) is 2.95. The molecule has 0 aromatic heterocycles. The molecule has 0 saturated carbocycles. The minimum Gasteiger partial charge on any atom is -0.148 e. The molecule has 1 aliphatic heterocycles. The fourth-order valence-electron chi connectivity index (χ4n) is 1.20. The van der Waals surface area contributed by atoms with Gasteiger partial charge in [-0.2, -0.15) is 0 Å². The van der Waals surface area contributed by atoms with E-state index in [9.17, 15) is 0 Å². The van der Waals surface area contributed by atoms with E-state index in [1.54, 1.807) is 0 Å². The van der Waals surface area contributed by atoms with Crippen molar-refractivity contribution in [1.29, 1.82) is 0 Å². The summed E-state index contributed by atoms with van der Waals surface area (Å²) in [7, 11) is 0. The molecule has 1 aliphatic rings. The molecule has 0 aliphatic carbocycles. The van der Waals surface area contributed by atoms with Crippen LogP contribution in [0, 0.1) is 0 Å². The van der Waals surface area contributed by atoms with Gasteiger partial charge < -0.3 is 0 Å². The van der Waals surface area contributed by atoms with Gasteiger partial charge in [-0.05, 0) is 82.4 Å². The molecule has 0 nitrogen and oxygen atoms in total. The van der Waals surface area contributed by atoms with E-state index in [1.165, 1.54) is 38.8 Å². The Kier molecular flexibility index (Phi) is 8.08. The van der Waals surface area contributed by atoms with Gasteiger partial charge in [0.05, 0.1) is 4.58 Å². The summed E-state index contributed by atoms with van der Waals surface area (Å²) in [5.74, 6) is 2.77. The van der Waals surface area contributed by atoms with Gasteiger partial charge in [-0.15, -0.1) is 23.5 Å². The average molecular weight is 440 g/mol. The first-order chi connectivity index (χ1) is 6.29. The van der Waals surface area contributed by atoms with Crippen LogP contribution in [-0.2, 0) is 0 Å². The predicted molar refractivity (Wildman–Crippen MR) is 83.3 cm³/mol. The quantitative estimate of drug-likeness (QED) is 0.443. The molecule has 0 unspecified atom stereocenters. The standard InChI is InChI=1S/C9H14I2S2/c10-8(11)4-1-2-5-9-12-6-3-7-13-9/h4,9H,1-3,5-7H2. The molecular formula is C9H14I2S2. The predicted octanol–water partition coefficient (Wildman–Crippen LogP) is 5.06. The summed E-state index contributed by atoms with van der Waals surface area (Å²) in [4.78, 5) is 0. The lowest BCUT2D eigenvalue weighted by Gasteiger charge is -2.20. The minimum absolute atomic E-state index is 0.897. The fraction of sp³-hybridized carbons (Fsp3) is 0.778. The van der Waals surface area contributed by atoms with E-state index in [1.807, 2.05) is 0 Å². The van der Waals surface area contributed by atoms with Gasteiger partial charge in [0.25, 0.3) is 0 Å². The molecule has 0 aromatic carbocycles. The van der Waals surface area contributed by atoms with Gasteiger partial charge in [0.2, 0.25) is 0 Å². The number of halogens is 2. The van der Waals surface area contributed by atoms with Gasteiger partial charge >= 0.3 is 0 Å². The monoisotopic (exact) mass is 440 g/mol. The maximum absolute atomic E-state index is 2.37. The molecule has 0 amide bonds. The van der Waals surface area contributed by atoms with Gasteiger partial charge in [0, 0.05) is 1.59 Å². The normalized spacial score (nSPS) is 18.6. The van der Waals surface area contributed by atoms with Crippen LogP contribution in [0.5, 0.6) is 0 Å². The van der Waals surface area contributed by atoms with Crippen LogP contribution in [0.4, 0.5) is 0 Å². The summed E-state index contributed by atoms with van der Waals surface area (Å²) in [5, 5.41) is 0. The highest BCUT2D eigenvalue weighted by Gasteiger charge is 2.12. The largest absolute Gasteiger partial charge is 0.148 e. The van der Waals surface area contributed by atoms with Crippen molar-refractivity contribution in [2.75, 3.05) is 11.5 Å². The number of allylic oxidation sites excluding steroid dienone is 1. The van der Waals surface area contributed by atoms with Crippen molar-refractivity contribution in [2.24, 2.45) is 0 Å². The number of rotatable bonds is 4. The number of unbranched alkanes of at least 4 members (excludes halogenated alkanes) is 1. The highest BCUT2D eigenvalue weighted by atomic mass is 127. The molecule has 0 radical (unpaired) electrons. The lowest BCUT2D eigenvalue weighted by Crippen LogP contribution is -2.05. The molecule has 0 N–H and O–H groups in total. The van der Waals surface area contributed by atoms with E-state index in [4.69, 9.17) is 0 Å². The van der Waals surface area contributed by atoms with Crippen LogP contribution in [0.1, 0.15) is 25.7 Å². The maximum Gasteiger partial charge on any atom is 0.0502 e. The number of hydrogen-bond donors (Lipinski definition) is 0. The zero-order chi connectivity index (χ0) is 9.52. The van der Waals surface area contributed by atoms with E-state index in [-0.39, 0.29) is 0 Å². The molecule has 76 valence electrons. The van der Waals surface area contributed by atoms with Gasteiger partial charge in [-0.3, -0.25) is 0 Å². The highest BCUT2D eigenvalue weighted by molar-refractivity contribution is 14.2. The van der Waals surface area contributed by atoms with E-state index >= 15 is 0 Å². The van der Waals surface area contributed by atoms with Crippen LogP contribution in [0.25, 0.3) is 0 Å². The summed E-state index contributed by atoms with van der Waals surface area (Å²) in [6.07, 6.45) is 7.77. The third-order valence-electron chi connectivity index (χ3n) is 1.84. The number of thioether (sulfide) groups is 2. The van der Waals surface area contributed by atoms with Gasteiger partial charge in [0.1, 0.15) is 0 Å². The molecule has 13 heavy (non-hydrogen) atoms. The average Bonchev–Trinajstić information content (AvgIpc) is 2.14. The smallest absolute Gasteiger partial charge is 0.0502 e. The zero-order valence-corrected chi connectivity index (χ0v) is 13.4. The molecule has 0 atom stereocenters. The SMILES string of the molecule is IC(I)=CCCCC1SCCCS1. The third kappa shape index (κ3) is 6.89. The van der Waals surface area contributed by atoms with E-state index in [2.05, 4.69) is 74.8 Å². The molecule has 1 fully saturated rings. The van der Waals surface area contributed by atoms with Crippen molar-refractivity contribution in [3.8, 4) is 0 Å².